The van der Waals surface area contributed by atoms with Gasteiger partial charge < -0.3 is 20.1 Å². The number of aryl methyl sites for hydroxylation is 1. The zero-order valence-electron chi connectivity index (χ0n) is 19.5. The van der Waals surface area contributed by atoms with Gasteiger partial charge in [0.2, 0.25) is 5.91 Å². The lowest BCUT2D eigenvalue weighted by Gasteiger charge is -2.18. The summed E-state index contributed by atoms with van der Waals surface area (Å²) in [5, 5.41) is 5.83. The van der Waals surface area contributed by atoms with Crippen LogP contribution in [-0.2, 0) is 4.79 Å². The Bertz CT molecular complexity index is 1190. The Morgan fingerprint density at radius 3 is 2.38 bits per heavy atom. The lowest BCUT2D eigenvalue weighted by molar-refractivity contribution is -0.115. The van der Waals surface area contributed by atoms with Crippen molar-refractivity contribution in [2.75, 3.05) is 24.9 Å². The van der Waals surface area contributed by atoms with Gasteiger partial charge in [-0.3, -0.25) is 9.59 Å². The predicted molar refractivity (Wildman–Crippen MR) is 139 cm³/mol. The third-order valence-corrected chi connectivity index (χ3v) is 6.70. The van der Waals surface area contributed by atoms with E-state index >= 15 is 0 Å². The molecule has 0 heterocycles. The molecule has 3 rings (SSSR count). The molecule has 0 bridgehead atoms. The molecule has 2 N–H and O–H groups in total. The second-order valence-electron chi connectivity index (χ2n) is 7.54. The fraction of sp³-hybridized carbons (Fsp3) is 0.231. The molecular formula is C26H27ClN2O4S. The number of methoxy groups -OCH3 is 2. The average Bonchev–Trinajstić information content (AvgIpc) is 2.83. The fourth-order valence-corrected chi connectivity index (χ4v) is 4.55. The van der Waals surface area contributed by atoms with E-state index < -0.39 is 0 Å². The summed E-state index contributed by atoms with van der Waals surface area (Å²) in [6, 6.07) is 18.1. The molecule has 0 saturated carbocycles. The van der Waals surface area contributed by atoms with Crippen molar-refractivity contribution in [3.63, 3.8) is 0 Å². The average molecular weight is 499 g/mol. The number of nitrogens with one attached hydrogen (secondary N) is 2. The first kappa shape index (κ1) is 25.5. The summed E-state index contributed by atoms with van der Waals surface area (Å²) in [6.07, 6.45) is 0.600. The number of amides is 2. The van der Waals surface area contributed by atoms with Crippen molar-refractivity contribution >= 4 is 46.6 Å². The molecule has 0 aliphatic carbocycles. The van der Waals surface area contributed by atoms with Gasteiger partial charge in [0, 0.05) is 22.2 Å². The van der Waals surface area contributed by atoms with Gasteiger partial charge in [0.25, 0.3) is 5.91 Å². The number of anilines is 2. The van der Waals surface area contributed by atoms with Crippen molar-refractivity contribution < 1.29 is 19.1 Å². The van der Waals surface area contributed by atoms with Gasteiger partial charge in [-0.25, -0.2) is 0 Å². The number of halogens is 1. The molecule has 34 heavy (non-hydrogen) atoms. The predicted octanol–water partition coefficient (Wildman–Crippen LogP) is 6.43. The van der Waals surface area contributed by atoms with Crippen LogP contribution >= 0.6 is 23.4 Å². The quantitative estimate of drug-likeness (QED) is 0.332. The highest BCUT2D eigenvalue weighted by Crippen LogP contribution is 2.37. The number of hydrogen-bond acceptors (Lipinski definition) is 5. The molecule has 0 fully saturated rings. The Kier molecular flexibility index (Phi) is 8.85. The molecule has 1 unspecified atom stereocenters. The Morgan fingerprint density at radius 2 is 1.71 bits per heavy atom. The maximum atomic E-state index is 13.0. The number of ether oxygens (including phenoxy) is 2. The summed E-state index contributed by atoms with van der Waals surface area (Å²) in [7, 11) is 3.03. The van der Waals surface area contributed by atoms with Crippen LogP contribution in [0.1, 0.15) is 29.3 Å². The Morgan fingerprint density at radius 1 is 0.971 bits per heavy atom. The highest BCUT2D eigenvalue weighted by Gasteiger charge is 2.21. The summed E-state index contributed by atoms with van der Waals surface area (Å²) < 4.78 is 10.6. The first-order chi connectivity index (χ1) is 16.3. The van der Waals surface area contributed by atoms with Crippen molar-refractivity contribution in [2.24, 2.45) is 0 Å². The van der Waals surface area contributed by atoms with Gasteiger partial charge in [-0.05, 0) is 49.7 Å². The summed E-state index contributed by atoms with van der Waals surface area (Å²) >= 11 is 7.64. The van der Waals surface area contributed by atoms with Crippen LogP contribution in [0.4, 0.5) is 11.4 Å². The minimum atomic E-state index is -0.367. The van der Waals surface area contributed by atoms with E-state index in [1.165, 1.54) is 26.0 Å². The van der Waals surface area contributed by atoms with Crippen molar-refractivity contribution in [1.82, 2.24) is 0 Å². The van der Waals surface area contributed by atoms with Crippen molar-refractivity contribution in [3.8, 4) is 11.5 Å². The zero-order chi connectivity index (χ0) is 24.7. The molecule has 178 valence electrons. The summed E-state index contributed by atoms with van der Waals surface area (Å²) in [5.41, 5.74) is 2.74. The molecule has 3 aromatic carbocycles. The fourth-order valence-electron chi connectivity index (χ4n) is 3.29. The molecule has 3 aromatic rings. The molecule has 8 heteroatoms. The minimum Gasteiger partial charge on any atom is -0.495 e. The lowest BCUT2D eigenvalue weighted by atomic mass is 10.1. The van der Waals surface area contributed by atoms with Crippen LogP contribution in [0.3, 0.4) is 0 Å². The minimum absolute atomic E-state index is 0.179. The third kappa shape index (κ3) is 6.46. The maximum absolute atomic E-state index is 13.0. The highest BCUT2D eigenvalue weighted by atomic mass is 35.5. The largest absolute Gasteiger partial charge is 0.495 e. The summed E-state index contributed by atoms with van der Waals surface area (Å²) in [6.45, 7) is 3.89. The van der Waals surface area contributed by atoms with Crippen LogP contribution in [0.5, 0.6) is 11.5 Å². The van der Waals surface area contributed by atoms with Crippen LogP contribution in [0.15, 0.2) is 65.6 Å². The monoisotopic (exact) mass is 498 g/mol. The van der Waals surface area contributed by atoms with E-state index in [1.54, 1.807) is 18.2 Å². The van der Waals surface area contributed by atoms with Crippen LogP contribution in [0.2, 0.25) is 5.02 Å². The van der Waals surface area contributed by atoms with Crippen molar-refractivity contribution in [3.05, 3.63) is 76.8 Å². The molecule has 2 amide bonds. The van der Waals surface area contributed by atoms with Gasteiger partial charge >= 0.3 is 0 Å². The SMILES string of the molecule is CCC(Sc1cccc(NC(=O)c2cccc(C)c2)c1)C(=O)Nc1cc(Cl)c(OC)cc1OC. The summed E-state index contributed by atoms with van der Waals surface area (Å²) in [4.78, 5) is 26.5. The van der Waals surface area contributed by atoms with Gasteiger partial charge in [-0.2, -0.15) is 0 Å². The number of hydrogen-bond donors (Lipinski definition) is 2. The van der Waals surface area contributed by atoms with E-state index in [2.05, 4.69) is 10.6 Å². The molecule has 0 radical (unpaired) electrons. The van der Waals surface area contributed by atoms with Gasteiger partial charge in [-0.15, -0.1) is 11.8 Å². The Labute approximate surface area is 209 Å². The standard InChI is InChI=1S/C26H27ClN2O4S/c1-5-24(26(31)29-21-14-20(27)22(32-3)15-23(21)33-4)34-19-11-7-10-18(13-19)28-25(30)17-9-6-8-16(2)12-17/h6-15,24H,5H2,1-4H3,(H,28,30)(H,29,31). The number of carbonyl (C=O) groups is 2. The molecule has 6 nitrogen and oxygen atoms in total. The zero-order valence-corrected chi connectivity index (χ0v) is 21.0. The van der Waals surface area contributed by atoms with Gasteiger partial charge in [0.15, 0.2) is 0 Å². The second-order valence-corrected chi connectivity index (χ2v) is 9.23. The smallest absolute Gasteiger partial charge is 0.255 e. The van der Waals surface area contributed by atoms with E-state index in [-0.39, 0.29) is 17.1 Å². The molecule has 0 aromatic heterocycles. The summed E-state index contributed by atoms with van der Waals surface area (Å²) in [5.74, 6) is 0.554. The maximum Gasteiger partial charge on any atom is 0.255 e. The van der Waals surface area contributed by atoms with Crippen LogP contribution in [0.25, 0.3) is 0 Å². The van der Waals surface area contributed by atoms with E-state index in [0.29, 0.717) is 39.9 Å². The normalized spacial score (nSPS) is 11.4. The first-order valence-corrected chi connectivity index (χ1v) is 12.0. The van der Waals surface area contributed by atoms with Crippen LogP contribution < -0.4 is 20.1 Å². The number of benzene rings is 3. The first-order valence-electron chi connectivity index (χ1n) is 10.7. The van der Waals surface area contributed by atoms with Gasteiger partial charge in [0.1, 0.15) is 11.5 Å². The lowest BCUT2D eigenvalue weighted by Crippen LogP contribution is -2.24. The van der Waals surface area contributed by atoms with Crippen LogP contribution in [-0.4, -0.2) is 31.3 Å². The topological polar surface area (TPSA) is 76.7 Å². The Hall–Kier alpha value is -3.16. The third-order valence-electron chi connectivity index (χ3n) is 5.05. The van der Waals surface area contributed by atoms with Crippen molar-refractivity contribution in [2.45, 2.75) is 30.4 Å². The molecule has 0 spiro atoms. The second kappa shape index (κ2) is 11.8. The van der Waals surface area contributed by atoms with E-state index in [4.69, 9.17) is 21.1 Å². The van der Waals surface area contributed by atoms with E-state index in [1.807, 2.05) is 56.3 Å². The number of carbonyl (C=O) groups excluding carboxylic acids is 2. The van der Waals surface area contributed by atoms with Gasteiger partial charge in [-0.1, -0.05) is 42.3 Å². The molecule has 0 aliphatic heterocycles. The Balaban J connectivity index is 1.71. The number of rotatable bonds is 9. The number of thioether (sulfide) groups is 1. The highest BCUT2D eigenvalue weighted by molar-refractivity contribution is 8.00. The molecule has 0 saturated heterocycles. The van der Waals surface area contributed by atoms with Crippen molar-refractivity contribution in [1.29, 1.82) is 0 Å². The van der Waals surface area contributed by atoms with Crippen LogP contribution in [0, 0.1) is 6.92 Å². The van der Waals surface area contributed by atoms with Gasteiger partial charge in [0.05, 0.1) is 30.2 Å². The van der Waals surface area contributed by atoms with E-state index in [9.17, 15) is 9.59 Å². The molecule has 1 atom stereocenters. The van der Waals surface area contributed by atoms with E-state index in [0.717, 1.165) is 10.5 Å². The molecule has 0 aliphatic rings. The molecular weight excluding hydrogens is 472 g/mol.